The van der Waals surface area contributed by atoms with E-state index in [2.05, 4.69) is 17.7 Å². The van der Waals surface area contributed by atoms with Gasteiger partial charge in [-0.1, -0.05) is 37.1 Å². The van der Waals surface area contributed by atoms with E-state index in [9.17, 15) is 8.78 Å². The van der Waals surface area contributed by atoms with Gasteiger partial charge in [0.05, 0.1) is 0 Å². The Balaban J connectivity index is 1.49. The summed E-state index contributed by atoms with van der Waals surface area (Å²) < 4.78 is 28.9. The molecule has 0 aromatic heterocycles. The summed E-state index contributed by atoms with van der Waals surface area (Å²) in [6.45, 7) is -0.482. The van der Waals surface area contributed by atoms with Crippen LogP contribution in [0.4, 0.5) is 8.78 Å². The van der Waals surface area contributed by atoms with Gasteiger partial charge >= 0.3 is 6.61 Å². The number of halogens is 2. The molecule has 2 aliphatic carbocycles. The predicted molar refractivity (Wildman–Crippen MR) is 98.1 cm³/mol. The second-order valence-electron chi connectivity index (χ2n) is 7.71. The zero-order valence-electron chi connectivity index (χ0n) is 15.2. The van der Waals surface area contributed by atoms with Gasteiger partial charge in [0.25, 0.3) is 0 Å². The van der Waals surface area contributed by atoms with E-state index < -0.39 is 6.61 Å². The zero-order valence-corrected chi connectivity index (χ0v) is 15.2. The van der Waals surface area contributed by atoms with Gasteiger partial charge in [0.1, 0.15) is 5.75 Å². The minimum Gasteiger partial charge on any atom is -0.435 e. The Kier molecular flexibility index (Phi) is 6.50. The minimum atomic E-state index is -2.75. The number of alkyl halides is 2. The first-order valence-corrected chi connectivity index (χ1v) is 9.88. The van der Waals surface area contributed by atoms with Gasteiger partial charge < -0.3 is 4.74 Å². The van der Waals surface area contributed by atoms with E-state index in [0.29, 0.717) is 5.92 Å². The highest BCUT2D eigenvalue weighted by atomic mass is 19.3. The summed E-state index contributed by atoms with van der Waals surface area (Å²) in [6, 6.07) is 7.27. The SMILES string of the molecule is CCCC1=CCC([C@H]2CC[C@H](c3ccc(OC(F)F)cc3)CC2)CC1. The number of ether oxygens (including phenoxy) is 1. The molecule has 0 amide bonds. The molecule has 25 heavy (non-hydrogen) atoms. The van der Waals surface area contributed by atoms with Gasteiger partial charge in [-0.25, -0.2) is 0 Å². The quantitative estimate of drug-likeness (QED) is 0.499. The summed E-state index contributed by atoms with van der Waals surface area (Å²) in [5.41, 5.74) is 2.95. The average Bonchev–Trinajstić information content (AvgIpc) is 2.63. The standard InChI is InChI=1S/C22H30F2O/c1-2-3-16-4-6-17(7-5-16)18-8-10-19(11-9-18)20-12-14-21(15-13-20)25-22(23)24/h4,12-15,17-19,22H,2-3,5-11H2,1H3/t17?,18-,19-. The van der Waals surface area contributed by atoms with Gasteiger partial charge in [-0.3, -0.25) is 0 Å². The van der Waals surface area contributed by atoms with Crippen molar-refractivity contribution < 1.29 is 13.5 Å². The third-order valence-corrected chi connectivity index (χ3v) is 6.13. The fraction of sp³-hybridized carbons (Fsp3) is 0.636. The predicted octanol–water partition coefficient (Wildman–Crippen LogP) is 7.09. The van der Waals surface area contributed by atoms with Crippen LogP contribution in [0.15, 0.2) is 35.9 Å². The Bertz CT molecular complexity index is 556. The second-order valence-corrected chi connectivity index (χ2v) is 7.71. The molecule has 0 heterocycles. The van der Waals surface area contributed by atoms with Crippen LogP contribution in [-0.4, -0.2) is 6.61 Å². The Hall–Kier alpha value is -1.38. The summed E-state index contributed by atoms with van der Waals surface area (Å²) in [6.07, 6.45) is 14.1. The molecule has 1 unspecified atom stereocenters. The maximum absolute atomic E-state index is 12.2. The summed E-state index contributed by atoms with van der Waals surface area (Å²) in [4.78, 5) is 0. The van der Waals surface area contributed by atoms with Gasteiger partial charge in [-0.05, 0) is 86.8 Å². The first-order valence-electron chi connectivity index (χ1n) is 9.88. The van der Waals surface area contributed by atoms with E-state index in [1.807, 2.05) is 12.1 Å². The van der Waals surface area contributed by atoms with Crippen molar-refractivity contribution >= 4 is 0 Å². The van der Waals surface area contributed by atoms with Crippen LogP contribution in [0.2, 0.25) is 0 Å². The summed E-state index contributed by atoms with van der Waals surface area (Å²) in [5, 5.41) is 0. The third kappa shape index (κ3) is 5.05. The molecule has 2 aliphatic rings. The summed E-state index contributed by atoms with van der Waals surface area (Å²) >= 11 is 0. The van der Waals surface area contributed by atoms with Crippen LogP contribution in [0.1, 0.15) is 76.2 Å². The van der Waals surface area contributed by atoms with Crippen molar-refractivity contribution in [1.29, 1.82) is 0 Å². The molecule has 0 N–H and O–H groups in total. The topological polar surface area (TPSA) is 9.23 Å². The van der Waals surface area contributed by atoms with Crippen LogP contribution in [0.25, 0.3) is 0 Å². The fourth-order valence-corrected chi connectivity index (χ4v) is 4.73. The number of benzene rings is 1. The molecule has 3 heteroatoms. The Labute approximate surface area is 150 Å². The fourth-order valence-electron chi connectivity index (χ4n) is 4.73. The molecule has 1 nitrogen and oxygen atoms in total. The van der Waals surface area contributed by atoms with Gasteiger partial charge in [0, 0.05) is 0 Å². The molecule has 0 spiro atoms. The van der Waals surface area contributed by atoms with Crippen molar-refractivity contribution in [3.05, 3.63) is 41.5 Å². The summed E-state index contributed by atoms with van der Waals surface area (Å²) in [7, 11) is 0. The molecule has 0 bridgehead atoms. The van der Waals surface area contributed by atoms with Gasteiger partial charge in [0.15, 0.2) is 0 Å². The lowest BCUT2D eigenvalue weighted by Crippen LogP contribution is -2.22. The van der Waals surface area contributed by atoms with Crippen LogP contribution in [0, 0.1) is 11.8 Å². The highest BCUT2D eigenvalue weighted by Gasteiger charge is 2.29. The Morgan fingerprint density at radius 1 is 1.00 bits per heavy atom. The monoisotopic (exact) mass is 348 g/mol. The molecule has 138 valence electrons. The number of allylic oxidation sites excluding steroid dienone is 2. The average molecular weight is 348 g/mol. The van der Waals surface area contributed by atoms with E-state index in [0.717, 1.165) is 11.8 Å². The molecular weight excluding hydrogens is 318 g/mol. The van der Waals surface area contributed by atoms with E-state index in [4.69, 9.17) is 0 Å². The molecule has 3 rings (SSSR count). The van der Waals surface area contributed by atoms with Crippen LogP contribution in [0.3, 0.4) is 0 Å². The Morgan fingerprint density at radius 2 is 1.72 bits per heavy atom. The van der Waals surface area contributed by atoms with Gasteiger partial charge in [-0.2, -0.15) is 8.78 Å². The number of hydrogen-bond donors (Lipinski definition) is 0. The maximum atomic E-state index is 12.2. The van der Waals surface area contributed by atoms with E-state index in [-0.39, 0.29) is 5.75 Å². The van der Waals surface area contributed by atoms with Crippen molar-refractivity contribution in [2.24, 2.45) is 11.8 Å². The zero-order chi connectivity index (χ0) is 17.6. The molecule has 0 radical (unpaired) electrons. The molecular formula is C22H30F2O. The third-order valence-electron chi connectivity index (χ3n) is 6.13. The first-order chi connectivity index (χ1) is 12.2. The smallest absolute Gasteiger partial charge is 0.387 e. The molecule has 0 aliphatic heterocycles. The van der Waals surface area contributed by atoms with Crippen LogP contribution in [-0.2, 0) is 0 Å². The van der Waals surface area contributed by atoms with Crippen molar-refractivity contribution in [2.75, 3.05) is 0 Å². The molecule has 0 saturated heterocycles. The van der Waals surface area contributed by atoms with Gasteiger partial charge in [-0.15, -0.1) is 0 Å². The number of hydrogen-bond acceptors (Lipinski definition) is 1. The molecule has 1 saturated carbocycles. The van der Waals surface area contributed by atoms with Gasteiger partial charge in [0.2, 0.25) is 0 Å². The van der Waals surface area contributed by atoms with Crippen molar-refractivity contribution in [3.63, 3.8) is 0 Å². The van der Waals surface area contributed by atoms with E-state index in [1.54, 1.807) is 17.7 Å². The number of rotatable bonds is 6. The molecule has 1 aromatic carbocycles. The highest BCUT2D eigenvalue weighted by molar-refractivity contribution is 5.29. The lowest BCUT2D eigenvalue weighted by atomic mass is 9.70. The minimum absolute atomic E-state index is 0.254. The second kappa shape index (κ2) is 8.82. The van der Waals surface area contributed by atoms with E-state index >= 15 is 0 Å². The van der Waals surface area contributed by atoms with Crippen molar-refractivity contribution in [1.82, 2.24) is 0 Å². The normalized spacial score (nSPS) is 27.2. The maximum Gasteiger partial charge on any atom is 0.387 e. The lowest BCUT2D eigenvalue weighted by Gasteiger charge is -2.35. The van der Waals surface area contributed by atoms with Crippen LogP contribution < -0.4 is 4.74 Å². The Morgan fingerprint density at radius 3 is 2.28 bits per heavy atom. The molecule has 1 aromatic rings. The largest absolute Gasteiger partial charge is 0.435 e. The van der Waals surface area contributed by atoms with Crippen LogP contribution >= 0.6 is 0 Å². The molecule has 1 atom stereocenters. The van der Waals surface area contributed by atoms with Crippen LogP contribution in [0.5, 0.6) is 5.75 Å². The van der Waals surface area contributed by atoms with Crippen molar-refractivity contribution in [3.8, 4) is 5.75 Å². The summed E-state index contributed by atoms with van der Waals surface area (Å²) in [5.74, 6) is 2.58. The first kappa shape index (κ1) is 18.4. The molecule has 1 fully saturated rings. The van der Waals surface area contributed by atoms with Crippen molar-refractivity contribution in [2.45, 2.75) is 77.2 Å². The lowest BCUT2D eigenvalue weighted by molar-refractivity contribution is -0.0498. The van der Waals surface area contributed by atoms with E-state index in [1.165, 1.54) is 63.4 Å². The highest BCUT2D eigenvalue weighted by Crippen LogP contribution is 2.43.